The largest absolute Gasteiger partial charge is 0.491 e. The Kier molecular flexibility index (Phi) is 11.2. The van der Waals surface area contributed by atoms with Crippen LogP contribution in [0.3, 0.4) is 0 Å². The number of allylic oxidation sites excluding steroid dienone is 3. The maximum atomic E-state index is 13.3. The minimum atomic E-state index is -4.81. The van der Waals surface area contributed by atoms with Crippen molar-refractivity contribution in [2.45, 2.75) is 64.3 Å². The highest BCUT2D eigenvalue weighted by Crippen LogP contribution is 2.38. The number of nitrogens with zero attached hydrogens (tertiary/aromatic N) is 3. The average molecular weight is 582 g/mol. The second kappa shape index (κ2) is 14.4. The van der Waals surface area contributed by atoms with Gasteiger partial charge >= 0.3 is 6.18 Å². The Morgan fingerprint density at radius 2 is 1.85 bits per heavy atom. The van der Waals surface area contributed by atoms with Crippen LogP contribution in [0.15, 0.2) is 54.5 Å². The van der Waals surface area contributed by atoms with Crippen molar-refractivity contribution in [1.82, 2.24) is 15.1 Å². The molecule has 2 aliphatic rings. The molecule has 1 aliphatic carbocycles. The zero-order valence-electron chi connectivity index (χ0n) is 23.0. The number of hydrogen-bond donors (Lipinski definition) is 2. The third kappa shape index (κ3) is 8.61. The van der Waals surface area contributed by atoms with Crippen LogP contribution in [0.4, 0.5) is 24.5 Å². The molecule has 8 nitrogen and oxygen atoms in total. The predicted molar refractivity (Wildman–Crippen MR) is 155 cm³/mol. The van der Waals surface area contributed by atoms with Crippen LogP contribution >= 0.6 is 12.2 Å². The fourth-order valence-electron chi connectivity index (χ4n) is 4.89. The fourth-order valence-corrected chi connectivity index (χ4v) is 5.17. The number of anilines is 1. The van der Waals surface area contributed by atoms with Gasteiger partial charge in [-0.05, 0) is 75.5 Å². The van der Waals surface area contributed by atoms with Gasteiger partial charge in [0.2, 0.25) is 0 Å². The highest BCUT2D eigenvalue weighted by molar-refractivity contribution is 7.80. The van der Waals surface area contributed by atoms with Crippen LogP contribution < -0.4 is 10.6 Å². The van der Waals surface area contributed by atoms with Gasteiger partial charge < -0.3 is 25.2 Å². The first kappa shape index (κ1) is 31.3. The Bertz CT molecular complexity index is 1110. The molecule has 1 saturated carbocycles. The summed E-state index contributed by atoms with van der Waals surface area (Å²) in [7, 11) is 0. The number of alkyl halides is 3. The summed E-state index contributed by atoms with van der Waals surface area (Å²) < 4.78 is 46.3. The smallest absolute Gasteiger partial charge is 0.423 e. The molecule has 2 fully saturated rings. The first-order chi connectivity index (χ1) is 19.0. The van der Waals surface area contributed by atoms with Gasteiger partial charge in [0, 0.05) is 62.3 Å². The van der Waals surface area contributed by atoms with Gasteiger partial charge in [0.15, 0.2) is 5.11 Å². The zero-order chi connectivity index (χ0) is 29.3. The summed E-state index contributed by atoms with van der Waals surface area (Å²) in [4.78, 5) is 14.4. The molecule has 0 bridgehead atoms. The summed E-state index contributed by atoms with van der Waals surface area (Å²) >= 11 is 5.49. The van der Waals surface area contributed by atoms with Crippen molar-refractivity contribution >= 4 is 28.7 Å². The van der Waals surface area contributed by atoms with Crippen molar-refractivity contribution < 1.29 is 22.8 Å². The zero-order valence-corrected chi connectivity index (χ0v) is 23.8. The lowest BCUT2D eigenvalue weighted by Gasteiger charge is -2.38. The monoisotopic (exact) mass is 581 g/mol. The average Bonchev–Trinajstić information content (AvgIpc) is 2.94. The fraction of sp³-hybridized carbons (Fsp3) is 0.536. The van der Waals surface area contributed by atoms with Crippen LogP contribution in [0.25, 0.3) is 0 Å². The highest BCUT2D eigenvalue weighted by atomic mass is 32.1. The molecule has 1 saturated heterocycles. The normalized spacial score (nSPS) is 20.6. The first-order valence-electron chi connectivity index (χ1n) is 13.6. The molecule has 0 radical (unpaired) electrons. The molecule has 0 atom stereocenters. The number of nitro groups is 1. The molecule has 1 aliphatic heterocycles. The van der Waals surface area contributed by atoms with Crippen molar-refractivity contribution in [2.75, 3.05) is 38.0 Å². The maximum absolute atomic E-state index is 13.3. The van der Waals surface area contributed by atoms with Gasteiger partial charge in [0.1, 0.15) is 11.3 Å². The van der Waals surface area contributed by atoms with E-state index in [0.717, 1.165) is 80.7 Å². The molecule has 1 aromatic rings. The Morgan fingerprint density at radius 1 is 1.20 bits per heavy atom. The number of hydrogen-bond acceptors (Lipinski definition) is 6. The van der Waals surface area contributed by atoms with Gasteiger partial charge in [-0.1, -0.05) is 13.5 Å². The maximum Gasteiger partial charge on any atom is 0.423 e. The van der Waals surface area contributed by atoms with Crippen molar-refractivity contribution in [3.8, 4) is 0 Å². The molecule has 0 spiro atoms. The van der Waals surface area contributed by atoms with Crippen LogP contribution in [0.2, 0.25) is 0 Å². The number of halogens is 3. The lowest BCUT2D eigenvalue weighted by molar-refractivity contribution is -0.388. The Morgan fingerprint density at radius 3 is 2.40 bits per heavy atom. The van der Waals surface area contributed by atoms with Crippen LogP contribution in [-0.2, 0) is 10.9 Å². The van der Waals surface area contributed by atoms with Crippen molar-refractivity contribution in [3.05, 3.63) is 70.1 Å². The Balaban J connectivity index is 1.53. The van der Waals surface area contributed by atoms with Crippen LogP contribution in [0.5, 0.6) is 0 Å². The Labute approximate surface area is 239 Å². The van der Waals surface area contributed by atoms with Crippen LogP contribution in [0, 0.1) is 10.1 Å². The summed E-state index contributed by atoms with van der Waals surface area (Å²) in [5.41, 5.74) is -0.999. The van der Waals surface area contributed by atoms with E-state index in [1.54, 1.807) is 0 Å². The second-order valence-corrected chi connectivity index (χ2v) is 10.3. The molecule has 220 valence electrons. The van der Waals surface area contributed by atoms with Gasteiger partial charge in [-0.15, -0.1) is 0 Å². The van der Waals surface area contributed by atoms with E-state index in [-0.39, 0.29) is 17.8 Å². The highest BCUT2D eigenvalue weighted by Gasteiger charge is 2.38. The SMILES string of the molecule is C=C/C(=C\C(=C/C)OC1CCC(Nc2ccc([N+](=O)[O-])c(C(F)(F)F)c2)CC1)N1CCN(C(=S)NCCC)CC1. The van der Waals surface area contributed by atoms with Gasteiger partial charge in [-0.3, -0.25) is 10.1 Å². The van der Waals surface area contributed by atoms with Gasteiger partial charge in [-0.25, -0.2) is 0 Å². The molecular weight excluding hydrogens is 543 g/mol. The van der Waals surface area contributed by atoms with Crippen molar-refractivity contribution in [2.24, 2.45) is 0 Å². The second-order valence-electron chi connectivity index (χ2n) is 9.89. The van der Waals surface area contributed by atoms with E-state index in [4.69, 9.17) is 17.0 Å². The number of thiocarbonyl (C=S) groups is 1. The summed E-state index contributed by atoms with van der Waals surface area (Å²) in [6.07, 6.45) is 4.80. The van der Waals surface area contributed by atoms with Crippen molar-refractivity contribution in [1.29, 1.82) is 0 Å². The summed E-state index contributed by atoms with van der Waals surface area (Å²) in [6, 6.07) is 2.99. The minimum Gasteiger partial charge on any atom is -0.491 e. The quantitative estimate of drug-likeness (QED) is 0.111. The van der Waals surface area contributed by atoms with E-state index in [1.807, 2.05) is 25.2 Å². The predicted octanol–water partition coefficient (Wildman–Crippen LogP) is 6.23. The molecule has 3 rings (SSSR count). The van der Waals surface area contributed by atoms with Gasteiger partial charge in [0.05, 0.1) is 11.0 Å². The summed E-state index contributed by atoms with van der Waals surface area (Å²) in [6.45, 7) is 12.2. The molecule has 12 heteroatoms. The van der Waals surface area contributed by atoms with Crippen LogP contribution in [0.1, 0.15) is 51.5 Å². The molecule has 0 amide bonds. The molecule has 1 aromatic carbocycles. The third-order valence-corrected chi connectivity index (χ3v) is 7.49. The lowest BCUT2D eigenvalue weighted by Crippen LogP contribution is -2.51. The molecule has 0 aromatic heterocycles. The van der Waals surface area contributed by atoms with Crippen LogP contribution in [-0.4, -0.2) is 64.7 Å². The molecule has 1 heterocycles. The van der Waals surface area contributed by atoms with E-state index in [9.17, 15) is 23.3 Å². The molecule has 0 unspecified atom stereocenters. The van der Waals surface area contributed by atoms with E-state index < -0.39 is 22.4 Å². The summed E-state index contributed by atoms with van der Waals surface area (Å²) in [5, 5.41) is 18.2. The number of nitrogens with one attached hydrogen (secondary N) is 2. The van der Waals surface area contributed by atoms with Gasteiger partial charge in [0.25, 0.3) is 5.69 Å². The Hall–Kier alpha value is -3.28. The number of piperazine rings is 1. The molecular formula is C28H38F3N5O3S. The first-order valence-corrected chi connectivity index (χ1v) is 14.0. The topological polar surface area (TPSA) is 82.9 Å². The van der Waals surface area contributed by atoms with E-state index in [0.29, 0.717) is 12.8 Å². The van der Waals surface area contributed by atoms with Gasteiger partial charge in [-0.2, -0.15) is 13.2 Å². The number of nitro benzene ring substituents is 1. The molecule has 2 N–H and O–H groups in total. The number of ether oxygens (including phenoxy) is 1. The molecule has 40 heavy (non-hydrogen) atoms. The standard InChI is InChI=1S/C28H38F3N5O3S/c1-4-13-32-27(40)35-16-14-34(15-17-35)22(5-2)19-23(6-3)39-24-10-7-20(8-11-24)33-21-9-12-26(36(37)38)25(18-21)28(29,30)31/h5-6,9,12,18-20,24,33H,2,4,7-8,10-11,13-17H2,1,3H3,(H,32,40)/b22-19+,23-6+. The number of rotatable bonds is 10. The van der Waals surface area contributed by atoms with E-state index in [1.165, 1.54) is 6.07 Å². The van der Waals surface area contributed by atoms with Crippen molar-refractivity contribution in [3.63, 3.8) is 0 Å². The summed E-state index contributed by atoms with van der Waals surface area (Å²) in [5.74, 6) is 0.749. The number of benzene rings is 1. The van der Waals surface area contributed by atoms with E-state index >= 15 is 0 Å². The minimum absolute atomic E-state index is 0.0203. The third-order valence-electron chi connectivity index (χ3n) is 7.09. The lowest BCUT2D eigenvalue weighted by atomic mass is 9.92. The van der Waals surface area contributed by atoms with E-state index in [2.05, 4.69) is 33.9 Å².